The van der Waals surface area contributed by atoms with Crippen molar-refractivity contribution in [3.8, 4) is 0 Å². The van der Waals surface area contributed by atoms with Gasteiger partial charge in [0.2, 0.25) is 0 Å². The third-order valence-corrected chi connectivity index (χ3v) is 3.66. The van der Waals surface area contributed by atoms with Crippen molar-refractivity contribution in [3.63, 3.8) is 0 Å². The van der Waals surface area contributed by atoms with Crippen LogP contribution in [0.4, 0.5) is 4.39 Å². The first-order valence-corrected chi connectivity index (χ1v) is 6.75. The number of nitrogens with one attached hydrogen (secondary N) is 1. The summed E-state index contributed by atoms with van der Waals surface area (Å²) in [6, 6.07) is 4.45. The number of hydrogen-bond donors (Lipinski definition) is 1. The molecule has 4 nitrogen and oxygen atoms in total. The lowest BCUT2D eigenvalue weighted by atomic mass is 10.1. The Bertz CT molecular complexity index is 714. The van der Waals surface area contributed by atoms with Gasteiger partial charge >= 0.3 is 0 Å². The molecule has 0 saturated carbocycles. The lowest BCUT2D eigenvalue weighted by Crippen LogP contribution is -2.34. The Kier molecular flexibility index (Phi) is 3.54. The van der Waals surface area contributed by atoms with Crippen LogP contribution in [0.1, 0.15) is 16.8 Å². The summed E-state index contributed by atoms with van der Waals surface area (Å²) in [4.78, 5) is 16.6. The molecule has 0 radical (unpaired) electrons. The fraction of sp³-hybridized carbons (Fsp3) is 0.286. The monoisotopic (exact) mass is 293 g/mol. The van der Waals surface area contributed by atoms with Gasteiger partial charge in [-0.3, -0.25) is 9.36 Å². The second kappa shape index (κ2) is 5.34. The Labute approximate surface area is 120 Å². The Hall–Kier alpha value is -1.72. The molecule has 0 fully saturated rings. The van der Waals surface area contributed by atoms with Crippen LogP contribution in [0.15, 0.2) is 29.3 Å². The third kappa shape index (κ3) is 2.46. The average molecular weight is 294 g/mol. The molecule has 2 heterocycles. The van der Waals surface area contributed by atoms with E-state index in [0.717, 1.165) is 17.8 Å². The molecule has 0 amide bonds. The van der Waals surface area contributed by atoms with Gasteiger partial charge in [0.1, 0.15) is 5.82 Å². The molecule has 0 spiro atoms. The molecule has 104 valence electrons. The van der Waals surface area contributed by atoms with Crippen LogP contribution in [-0.4, -0.2) is 16.1 Å². The highest BCUT2D eigenvalue weighted by Crippen LogP contribution is 2.15. The summed E-state index contributed by atoms with van der Waals surface area (Å²) < 4.78 is 15.2. The van der Waals surface area contributed by atoms with E-state index in [1.54, 1.807) is 12.1 Å². The highest BCUT2D eigenvalue weighted by Gasteiger charge is 2.15. The molecule has 1 aliphatic rings. The molecular weight excluding hydrogens is 281 g/mol. The molecule has 2 aromatic rings. The van der Waals surface area contributed by atoms with Crippen LogP contribution in [0.2, 0.25) is 5.02 Å². The van der Waals surface area contributed by atoms with Crippen molar-refractivity contribution in [2.24, 2.45) is 0 Å². The van der Waals surface area contributed by atoms with Gasteiger partial charge < -0.3 is 5.32 Å². The van der Waals surface area contributed by atoms with E-state index < -0.39 is 5.82 Å². The minimum absolute atomic E-state index is 0.0918. The predicted octanol–water partition coefficient (Wildman–Crippen LogP) is 1.73. The van der Waals surface area contributed by atoms with E-state index in [-0.39, 0.29) is 12.1 Å². The Morgan fingerprint density at radius 3 is 3.10 bits per heavy atom. The second-order valence-electron chi connectivity index (χ2n) is 4.77. The molecule has 3 rings (SSSR count). The van der Waals surface area contributed by atoms with E-state index in [1.165, 1.54) is 17.0 Å². The summed E-state index contributed by atoms with van der Waals surface area (Å²) in [7, 11) is 0. The van der Waals surface area contributed by atoms with Crippen molar-refractivity contribution in [3.05, 3.63) is 62.5 Å². The molecular formula is C14H13ClFN3O. The fourth-order valence-corrected chi connectivity index (χ4v) is 2.50. The summed E-state index contributed by atoms with van der Waals surface area (Å²) >= 11 is 5.72. The van der Waals surface area contributed by atoms with Crippen LogP contribution in [-0.2, 0) is 19.5 Å². The Morgan fingerprint density at radius 1 is 1.45 bits per heavy atom. The van der Waals surface area contributed by atoms with Crippen molar-refractivity contribution in [2.75, 3.05) is 6.54 Å². The molecule has 1 aromatic heterocycles. The number of rotatable bonds is 2. The summed E-state index contributed by atoms with van der Waals surface area (Å²) in [5.41, 5.74) is 1.84. The number of nitrogens with zero attached hydrogens (tertiary/aromatic N) is 2. The summed E-state index contributed by atoms with van der Waals surface area (Å²) in [5.74, 6) is -0.413. The van der Waals surface area contributed by atoms with Crippen LogP contribution in [0.3, 0.4) is 0 Å². The fourth-order valence-electron chi connectivity index (χ4n) is 2.34. The quantitative estimate of drug-likeness (QED) is 0.917. The highest BCUT2D eigenvalue weighted by atomic mass is 35.5. The van der Waals surface area contributed by atoms with Crippen LogP contribution < -0.4 is 10.9 Å². The number of halogens is 2. The van der Waals surface area contributed by atoms with Crippen molar-refractivity contribution in [2.45, 2.75) is 19.5 Å². The first-order chi connectivity index (χ1) is 9.65. The molecule has 6 heteroatoms. The van der Waals surface area contributed by atoms with E-state index in [1.807, 2.05) is 0 Å². The summed E-state index contributed by atoms with van der Waals surface area (Å²) in [6.07, 6.45) is 2.13. The molecule has 0 bridgehead atoms. The zero-order valence-electron chi connectivity index (χ0n) is 10.7. The third-order valence-electron chi connectivity index (χ3n) is 3.42. The molecule has 0 saturated heterocycles. The second-order valence-corrected chi connectivity index (χ2v) is 5.20. The van der Waals surface area contributed by atoms with Crippen molar-refractivity contribution in [1.82, 2.24) is 14.9 Å². The van der Waals surface area contributed by atoms with Gasteiger partial charge in [-0.1, -0.05) is 17.7 Å². The van der Waals surface area contributed by atoms with Crippen LogP contribution in [0.25, 0.3) is 0 Å². The predicted molar refractivity (Wildman–Crippen MR) is 74.4 cm³/mol. The number of aromatic nitrogens is 2. The lowest BCUT2D eigenvalue weighted by Gasteiger charge is -2.17. The van der Waals surface area contributed by atoms with Gasteiger partial charge in [-0.15, -0.1) is 0 Å². The van der Waals surface area contributed by atoms with Crippen LogP contribution >= 0.6 is 11.6 Å². The summed E-state index contributed by atoms with van der Waals surface area (Å²) in [5, 5.41) is 3.51. The van der Waals surface area contributed by atoms with Crippen molar-refractivity contribution < 1.29 is 4.39 Å². The van der Waals surface area contributed by atoms with Gasteiger partial charge in [-0.2, -0.15) is 0 Å². The molecule has 1 N–H and O–H groups in total. The number of hydrogen-bond acceptors (Lipinski definition) is 3. The molecule has 1 aromatic carbocycles. The van der Waals surface area contributed by atoms with E-state index in [2.05, 4.69) is 10.3 Å². The van der Waals surface area contributed by atoms with E-state index in [9.17, 15) is 9.18 Å². The maximum absolute atomic E-state index is 13.8. The number of fused-ring (bicyclic) bond motifs is 1. The smallest absolute Gasteiger partial charge is 0.257 e. The maximum atomic E-state index is 13.8. The zero-order chi connectivity index (χ0) is 14.1. The first-order valence-electron chi connectivity index (χ1n) is 6.37. The molecule has 0 unspecified atom stereocenters. The van der Waals surface area contributed by atoms with Crippen LogP contribution in [0.5, 0.6) is 0 Å². The molecule has 0 atom stereocenters. The Morgan fingerprint density at radius 2 is 2.30 bits per heavy atom. The molecule has 20 heavy (non-hydrogen) atoms. The maximum Gasteiger partial charge on any atom is 0.257 e. The summed E-state index contributed by atoms with van der Waals surface area (Å²) in [6.45, 7) is 1.54. The van der Waals surface area contributed by atoms with E-state index in [4.69, 9.17) is 11.6 Å². The lowest BCUT2D eigenvalue weighted by molar-refractivity contribution is 0.576. The van der Waals surface area contributed by atoms with E-state index >= 15 is 0 Å². The van der Waals surface area contributed by atoms with Crippen molar-refractivity contribution >= 4 is 11.6 Å². The SMILES string of the molecule is O=c1c2c(ncn1Cc1ccc(Cl)cc1F)CNCC2. The molecule has 0 aliphatic carbocycles. The van der Waals surface area contributed by atoms with E-state index in [0.29, 0.717) is 23.6 Å². The standard InChI is InChI=1S/C14H13ClFN3O/c15-10-2-1-9(12(16)5-10)7-19-8-18-13-6-17-4-3-11(13)14(19)20/h1-2,5,8,17H,3-4,6-7H2. The van der Waals surface area contributed by atoms with Gasteiger partial charge in [0.05, 0.1) is 18.6 Å². The zero-order valence-corrected chi connectivity index (χ0v) is 11.5. The normalized spacial score (nSPS) is 14.1. The highest BCUT2D eigenvalue weighted by molar-refractivity contribution is 6.30. The minimum atomic E-state index is -0.413. The first kappa shape index (κ1) is 13.3. The van der Waals surface area contributed by atoms with Gasteiger partial charge in [-0.25, -0.2) is 9.37 Å². The van der Waals surface area contributed by atoms with Gasteiger partial charge in [0, 0.05) is 22.7 Å². The van der Waals surface area contributed by atoms with Gasteiger partial charge in [0.15, 0.2) is 0 Å². The largest absolute Gasteiger partial charge is 0.311 e. The topological polar surface area (TPSA) is 46.9 Å². The van der Waals surface area contributed by atoms with Gasteiger partial charge in [-0.05, 0) is 25.1 Å². The van der Waals surface area contributed by atoms with Crippen molar-refractivity contribution in [1.29, 1.82) is 0 Å². The van der Waals surface area contributed by atoms with Crippen LogP contribution in [0, 0.1) is 5.82 Å². The average Bonchev–Trinajstić information content (AvgIpc) is 2.45. The number of benzene rings is 1. The molecule has 1 aliphatic heterocycles. The Balaban J connectivity index is 1.97. The minimum Gasteiger partial charge on any atom is -0.311 e. The van der Waals surface area contributed by atoms with Gasteiger partial charge in [0.25, 0.3) is 5.56 Å².